The van der Waals surface area contributed by atoms with E-state index in [4.69, 9.17) is 11.6 Å². The minimum atomic E-state index is -0.895. The third kappa shape index (κ3) is 5.14. The average Bonchev–Trinajstić information content (AvgIpc) is 2.84. The van der Waals surface area contributed by atoms with Crippen molar-refractivity contribution in [2.45, 2.75) is 44.2 Å². The Morgan fingerprint density at radius 1 is 0.969 bits per heavy atom. The van der Waals surface area contributed by atoms with Crippen molar-refractivity contribution < 1.29 is 9.59 Å². The molecule has 32 heavy (non-hydrogen) atoms. The Morgan fingerprint density at radius 3 is 2.41 bits per heavy atom. The van der Waals surface area contributed by atoms with Crippen molar-refractivity contribution in [2.24, 2.45) is 0 Å². The predicted octanol–water partition coefficient (Wildman–Crippen LogP) is 4.97. The summed E-state index contributed by atoms with van der Waals surface area (Å²) in [5.74, 6) is -0.607. The number of halogens is 1. The van der Waals surface area contributed by atoms with Crippen molar-refractivity contribution in [3.8, 4) is 0 Å². The van der Waals surface area contributed by atoms with E-state index in [1.807, 2.05) is 0 Å². The van der Waals surface area contributed by atoms with E-state index in [-0.39, 0.29) is 23.6 Å². The molecule has 6 nitrogen and oxygen atoms in total. The lowest BCUT2D eigenvalue weighted by molar-refractivity contribution is -0.123. The quantitative estimate of drug-likeness (QED) is 0.577. The fourth-order valence-corrected chi connectivity index (χ4v) is 4.21. The molecule has 2 aromatic heterocycles. The lowest BCUT2D eigenvalue weighted by Crippen LogP contribution is -2.47. The first-order valence-electron chi connectivity index (χ1n) is 10.8. The maximum Gasteiger partial charge on any atom is 0.277 e. The van der Waals surface area contributed by atoms with Crippen LogP contribution in [-0.2, 0) is 4.79 Å². The Bertz CT molecular complexity index is 1040. The van der Waals surface area contributed by atoms with Gasteiger partial charge in [-0.2, -0.15) is 0 Å². The summed E-state index contributed by atoms with van der Waals surface area (Å²) < 4.78 is 0. The zero-order chi connectivity index (χ0) is 22.3. The van der Waals surface area contributed by atoms with Gasteiger partial charge >= 0.3 is 0 Å². The molecule has 2 amide bonds. The molecular formula is C25H25ClN4O2. The summed E-state index contributed by atoms with van der Waals surface area (Å²) in [4.78, 5) is 37.2. The highest BCUT2D eigenvalue weighted by molar-refractivity contribution is 6.30. The maximum absolute atomic E-state index is 13.7. The molecule has 7 heteroatoms. The minimum absolute atomic E-state index is 0.103. The second kappa shape index (κ2) is 10.4. The van der Waals surface area contributed by atoms with Crippen molar-refractivity contribution >= 4 is 29.1 Å². The number of hydrogen-bond acceptors (Lipinski definition) is 4. The number of nitrogens with one attached hydrogen (secondary N) is 1. The second-order valence-corrected chi connectivity index (χ2v) is 8.34. The Kier molecular flexibility index (Phi) is 7.12. The van der Waals surface area contributed by atoms with Gasteiger partial charge in [-0.1, -0.05) is 49.1 Å². The lowest BCUT2D eigenvalue weighted by Gasteiger charge is -2.33. The molecular weight excluding hydrogens is 424 g/mol. The molecule has 3 aromatic rings. The summed E-state index contributed by atoms with van der Waals surface area (Å²) in [5.41, 5.74) is 1.43. The van der Waals surface area contributed by atoms with Crippen molar-refractivity contribution in [3.63, 3.8) is 0 Å². The summed E-state index contributed by atoms with van der Waals surface area (Å²) in [5, 5.41) is 3.74. The van der Waals surface area contributed by atoms with Gasteiger partial charge in [0, 0.05) is 23.5 Å². The third-order valence-corrected chi connectivity index (χ3v) is 5.92. The molecule has 4 rings (SSSR count). The summed E-state index contributed by atoms with van der Waals surface area (Å²) in [6.07, 6.45) is 10.0. The molecule has 0 bridgehead atoms. The number of carbonyl (C=O) groups excluding carboxylic acids is 2. The Labute approximate surface area is 192 Å². The molecule has 1 N–H and O–H groups in total. The van der Waals surface area contributed by atoms with Gasteiger partial charge in [0.15, 0.2) is 0 Å². The molecule has 1 fully saturated rings. The molecule has 0 aliphatic heterocycles. The predicted molar refractivity (Wildman–Crippen MR) is 124 cm³/mol. The average molecular weight is 449 g/mol. The van der Waals surface area contributed by atoms with Gasteiger partial charge in [-0.25, -0.2) is 0 Å². The molecule has 0 spiro atoms. The van der Waals surface area contributed by atoms with E-state index in [0.717, 1.165) is 25.7 Å². The van der Waals surface area contributed by atoms with Gasteiger partial charge in [-0.15, -0.1) is 0 Å². The molecule has 2 heterocycles. The number of rotatable bonds is 6. The van der Waals surface area contributed by atoms with E-state index in [9.17, 15) is 9.59 Å². The number of hydrogen-bond donors (Lipinski definition) is 1. The van der Waals surface area contributed by atoms with Crippen molar-refractivity contribution in [1.82, 2.24) is 15.3 Å². The first kappa shape index (κ1) is 22.0. The monoisotopic (exact) mass is 448 g/mol. The minimum Gasteiger partial charge on any atom is -0.351 e. The van der Waals surface area contributed by atoms with E-state index in [0.29, 0.717) is 16.3 Å². The van der Waals surface area contributed by atoms with Gasteiger partial charge < -0.3 is 5.32 Å². The number of nitrogens with zero attached hydrogens (tertiary/aromatic N) is 3. The summed E-state index contributed by atoms with van der Waals surface area (Å²) in [6, 6.07) is 14.9. The van der Waals surface area contributed by atoms with Crippen LogP contribution in [0.15, 0.2) is 73.2 Å². The highest BCUT2D eigenvalue weighted by atomic mass is 35.5. The van der Waals surface area contributed by atoms with Crippen LogP contribution >= 0.6 is 11.6 Å². The normalized spacial score (nSPS) is 15.0. The molecule has 164 valence electrons. The van der Waals surface area contributed by atoms with E-state index in [1.165, 1.54) is 11.3 Å². The van der Waals surface area contributed by atoms with Crippen molar-refractivity contribution in [3.05, 3.63) is 89.5 Å². The summed E-state index contributed by atoms with van der Waals surface area (Å²) >= 11 is 6.11. The Balaban J connectivity index is 1.77. The van der Waals surface area contributed by atoms with Crippen LogP contribution < -0.4 is 10.2 Å². The smallest absolute Gasteiger partial charge is 0.277 e. The molecule has 1 aliphatic rings. The fraction of sp³-hybridized carbons (Fsp3) is 0.280. The summed E-state index contributed by atoms with van der Waals surface area (Å²) in [6.45, 7) is 0. The van der Waals surface area contributed by atoms with Gasteiger partial charge in [0.25, 0.3) is 5.91 Å². The largest absolute Gasteiger partial charge is 0.351 e. The third-order valence-electron chi connectivity index (χ3n) is 5.67. The molecule has 0 saturated heterocycles. The SMILES string of the molecule is O=C(NC1CCCCC1)[C@H](c1ccc(Cl)cc1)N(C(=O)c1ccccn1)c1cccnc1. The Hall–Kier alpha value is -3.25. The van der Waals surface area contributed by atoms with E-state index >= 15 is 0 Å². The Morgan fingerprint density at radius 2 is 1.75 bits per heavy atom. The molecule has 1 atom stereocenters. The van der Waals surface area contributed by atoms with E-state index in [1.54, 1.807) is 73.2 Å². The summed E-state index contributed by atoms with van der Waals surface area (Å²) in [7, 11) is 0. The van der Waals surface area contributed by atoms with Crippen LogP contribution in [0.3, 0.4) is 0 Å². The van der Waals surface area contributed by atoms with Crippen molar-refractivity contribution in [1.29, 1.82) is 0 Å². The number of amides is 2. The number of pyridine rings is 2. The standard InChI is InChI=1S/C25H25ClN4O2/c26-19-13-11-18(12-14-19)23(24(31)29-20-7-2-1-3-8-20)30(21-9-6-15-27-17-21)25(32)22-10-4-5-16-28-22/h4-6,9-17,20,23H,1-3,7-8H2,(H,29,31)/t23-/m0/s1. The number of anilines is 1. The van der Waals surface area contributed by atoms with Crippen LogP contribution in [0.5, 0.6) is 0 Å². The first-order valence-corrected chi connectivity index (χ1v) is 11.2. The van der Waals surface area contributed by atoms with Gasteiger partial charge in [0.2, 0.25) is 5.91 Å². The number of benzene rings is 1. The maximum atomic E-state index is 13.7. The number of aromatic nitrogens is 2. The van der Waals surface area contributed by atoms with Gasteiger partial charge in [-0.3, -0.25) is 24.5 Å². The van der Waals surface area contributed by atoms with Crippen LogP contribution in [0.2, 0.25) is 5.02 Å². The van der Waals surface area contributed by atoms with Gasteiger partial charge in [0.1, 0.15) is 11.7 Å². The highest BCUT2D eigenvalue weighted by Gasteiger charge is 2.35. The van der Waals surface area contributed by atoms with Crippen LogP contribution in [0.1, 0.15) is 54.2 Å². The molecule has 1 saturated carbocycles. The molecule has 1 aromatic carbocycles. The fourth-order valence-electron chi connectivity index (χ4n) is 4.08. The molecule has 1 aliphatic carbocycles. The van der Waals surface area contributed by atoms with Gasteiger partial charge in [-0.05, 0) is 54.8 Å². The zero-order valence-electron chi connectivity index (χ0n) is 17.7. The van der Waals surface area contributed by atoms with Crippen LogP contribution in [-0.4, -0.2) is 27.8 Å². The van der Waals surface area contributed by atoms with E-state index < -0.39 is 6.04 Å². The van der Waals surface area contributed by atoms with Crippen LogP contribution in [0.4, 0.5) is 5.69 Å². The van der Waals surface area contributed by atoms with Crippen LogP contribution in [0, 0.1) is 0 Å². The number of carbonyl (C=O) groups is 2. The molecule has 0 radical (unpaired) electrons. The highest BCUT2D eigenvalue weighted by Crippen LogP contribution is 2.30. The second-order valence-electron chi connectivity index (χ2n) is 7.90. The van der Waals surface area contributed by atoms with Crippen molar-refractivity contribution in [2.75, 3.05) is 4.90 Å². The first-order chi connectivity index (χ1) is 15.6. The zero-order valence-corrected chi connectivity index (χ0v) is 18.4. The topological polar surface area (TPSA) is 75.2 Å². The van der Waals surface area contributed by atoms with E-state index in [2.05, 4.69) is 15.3 Å². The van der Waals surface area contributed by atoms with Crippen LogP contribution in [0.25, 0.3) is 0 Å². The lowest BCUT2D eigenvalue weighted by atomic mass is 9.94. The molecule has 0 unspecified atom stereocenters. The van der Waals surface area contributed by atoms with Gasteiger partial charge in [0.05, 0.1) is 11.9 Å².